The van der Waals surface area contributed by atoms with E-state index in [-0.39, 0.29) is 11.9 Å². The lowest BCUT2D eigenvalue weighted by Gasteiger charge is -2.19. The monoisotopic (exact) mass is 313 g/mol. The molecule has 2 rings (SSSR count). The van der Waals surface area contributed by atoms with Gasteiger partial charge in [-0.3, -0.25) is 4.79 Å². The number of nitrogens with one attached hydrogen (secondary N) is 1. The van der Waals surface area contributed by atoms with Crippen molar-refractivity contribution in [3.8, 4) is 11.5 Å². The lowest BCUT2D eigenvalue weighted by Crippen LogP contribution is -2.43. The van der Waals surface area contributed by atoms with Crippen LogP contribution in [0.15, 0.2) is 54.6 Å². The summed E-state index contributed by atoms with van der Waals surface area (Å²) >= 11 is 0. The Morgan fingerprint density at radius 2 is 1.70 bits per heavy atom. The molecule has 4 nitrogen and oxygen atoms in total. The molecule has 0 aliphatic heterocycles. The van der Waals surface area contributed by atoms with E-state index in [1.165, 1.54) is 0 Å². The third-order valence-corrected chi connectivity index (χ3v) is 3.40. The zero-order valence-electron chi connectivity index (χ0n) is 13.8. The van der Waals surface area contributed by atoms with Crippen molar-refractivity contribution in [3.05, 3.63) is 60.2 Å². The van der Waals surface area contributed by atoms with Gasteiger partial charge in [0.2, 0.25) is 0 Å². The van der Waals surface area contributed by atoms with Gasteiger partial charge in [0.25, 0.3) is 5.91 Å². The van der Waals surface area contributed by atoms with Gasteiger partial charge in [-0.15, -0.1) is 0 Å². The summed E-state index contributed by atoms with van der Waals surface area (Å²) in [5, 5.41) is 2.90. The fraction of sp³-hybridized carbons (Fsp3) is 0.316. The van der Waals surface area contributed by atoms with Gasteiger partial charge in [0.15, 0.2) is 6.10 Å². The van der Waals surface area contributed by atoms with Crippen molar-refractivity contribution in [3.63, 3.8) is 0 Å². The second-order valence-electron chi connectivity index (χ2n) is 5.56. The van der Waals surface area contributed by atoms with E-state index in [0.29, 0.717) is 12.4 Å². The normalized spacial score (nSPS) is 13.0. The Morgan fingerprint density at radius 3 is 2.39 bits per heavy atom. The molecule has 0 aliphatic carbocycles. The molecule has 2 atom stereocenters. The molecule has 122 valence electrons. The third kappa shape index (κ3) is 5.33. The van der Waals surface area contributed by atoms with Crippen molar-refractivity contribution in [2.75, 3.05) is 6.61 Å². The minimum Gasteiger partial charge on any atom is -0.491 e. The molecule has 1 N–H and O–H groups in total. The van der Waals surface area contributed by atoms with E-state index in [1.54, 1.807) is 6.92 Å². The average molecular weight is 313 g/mol. The van der Waals surface area contributed by atoms with Gasteiger partial charge in [-0.2, -0.15) is 0 Å². The van der Waals surface area contributed by atoms with Crippen molar-refractivity contribution >= 4 is 5.91 Å². The molecule has 0 fully saturated rings. The van der Waals surface area contributed by atoms with Gasteiger partial charge in [0.05, 0.1) is 6.04 Å². The van der Waals surface area contributed by atoms with E-state index in [1.807, 2.05) is 68.4 Å². The highest BCUT2D eigenvalue weighted by Gasteiger charge is 2.17. The van der Waals surface area contributed by atoms with Gasteiger partial charge in [-0.1, -0.05) is 36.4 Å². The summed E-state index contributed by atoms with van der Waals surface area (Å²) in [5.74, 6) is 1.36. The molecular weight excluding hydrogens is 290 g/mol. The van der Waals surface area contributed by atoms with Gasteiger partial charge in [0, 0.05) is 0 Å². The zero-order chi connectivity index (χ0) is 16.7. The molecule has 23 heavy (non-hydrogen) atoms. The Bertz CT molecular complexity index is 628. The number of benzene rings is 2. The molecule has 1 amide bonds. The third-order valence-electron chi connectivity index (χ3n) is 3.40. The maximum absolute atomic E-state index is 12.1. The topological polar surface area (TPSA) is 47.6 Å². The van der Waals surface area contributed by atoms with Gasteiger partial charge >= 0.3 is 0 Å². The SMILES string of the molecule is Cc1ccccc1OCC(C)NC(=O)C(C)Oc1ccccc1. The van der Waals surface area contributed by atoms with E-state index >= 15 is 0 Å². The second kappa shape index (κ2) is 8.22. The Morgan fingerprint density at radius 1 is 1.04 bits per heavy atom. The fourth-order valence-electron chi connectivity index (χ4n) is 2.09. The van der Waals surface area contributed by atoms with Crippen LogP contribution in [0, 0.1) is 6.92 Å². The van der Waals surface area contributed by atoms with Crippen LogP contribution in [-0.2, 0) is 4.79 Å². The van der Waals surface area contributed by atoms with Crippen LogP contribution in [0.4, 0.5) is 0 Å². The maximum Gasteiger partial charge on any atom is 0.261 e. The lowest BCUT2D eigenvalue weighted by atomic mass is 10.2. The number of ether oxygens (including phenoxy) is 2. The summed E-state index contributed by atoms with van der Waals surface area (Å²) in [6.07, 6.45) is -0.557. The summed E-state index contributed by atoms with van der Waals surface area (Å²) in [4.78, 5) is 12.1. The second-order valence-corrected chi connectivity index (χ2v) is 5.56. The average Bonchev–Trinajstić information content (AvgIpc) is 2.55. The van der Waals surface area contributed by atoms with Gasteiger partial charge in [-0.05, 0) is 44.5 Å². The van der Waals surface area contributed by atoms with Gasteiger partial charge < -0.3 is 14.8 Å². The van der Waals surface area contributed by atoms with Crippen molar-refractivity contribution in [1.82, 2.24) is 5.32 Å². The molecule has 0 aliphatic rings. The number of carbonyl (C=O) groups is 1. The standard InChI is InChI=1S/C19H23NO3/c1-14-9-7-8-12-18(14)22-13-15(2)20-19(21)16(3)23-17-10-5-4-6-11-17/h4-12,15-16H,13H2,1-3H3,(H,20,21). The van der Waals surface area contributed by atoms with E-state index in [9.17, 15) is 4.79 Å². The summed E-state index contributed by atoms with van der Waals surface area (Å²) in [6, 6.07) is 17.0. The van der Waals surface area contributed by atoms with Gasteiger partial charge in [-0.25, -0.2) is 0 Å². The minimum atomic E-state index is -0.557. The number of rotatable bonds is 7. The van der Waals surface area contributed by atoms with E-state index in [0.717, 1.165) is 11.3 Å². The quantitative estimate of drug-likeness (QED) is 0.853. The van der Waals surface area contributed by atoms with Crippen LogP contribution in [0.25, 0.3) is 0 Å². The van der Waals surface area contributed by atoms with E-state index in [4.69, 9.17) is 9.47 Å². The smallest absolute Gasteiger partial charge is 0.261 e. The zero-order valence-corrected chi connectivity index (χ0v) is 13.8. The molecule has 4 heteroatoms. The molecule has 0 radical (unpaired) electrons. The molecule has 0 saturated heterocycles. The highest BCUT2D eigenvalue weighted by molar-refractivity contribution is 5.80. The number of para-hydroxylation sites is 2. The Hall–Kier alpha value is -2.49. The first-order valence-corrected chi connectivity index (χ1v) is 7.77. The molecule has 2 aromatic carbocycles. The van der Waals surface area contributed by atoms with Crippen molar-refractivity contribution in [2.45, 2.75) is 32.9 Å². The van der Waals surface area contributed by atoms with Crippen LogP contribution in [-0.4, -0.2) is 24.7 Å². The van der Waals surface area contributed by atoms with Crippen LogP contribution in [0.3, 0.4) is 0 Å². The summed E-state index contributed by atoms with van der Waals surface area (Å²) in [6.45, 7) is 6.05. The largest absolute Gasteiger partial charge is 0.491 e. The van der Waals surface area contributed by atoms with Gasteiger partial charge in [0.1, 0.15) is 18.1 Å². The van der Waals surface area contributed by atoms with Crippen molar-refractivity contribution in [1.29, 1.82) is 0 Å². The molecule has 0 spiro atoms. The Labute approximate surface area is 137 Å². The minimum absolute atomic E-state index is 0.107. The maximum atomic E-state index is 12.1. The summed E-state index contributed by atoms with van der Waals surface area (Å²) in [5.41, 5.74) is 1.08. The molecule has 2 unspecified atom stereocenters. The molecule has 0 bridgehead atoms. The van der Waals surface area contributed by atoms with Crippen LogP contribution >= 0.6 is 0 Å². The highest BCUT2D eigenvalue weighted by Crippen LogP contribution is 2.16. The fourth-order valence-corrected chi connectivity index (χ4v) is 2.09. The first kappa shape index (κ1) is 16.9. The molecule has 0 saturated carbocycles. The Balaban J connectivity index is 1.79. The summed E-state index contributed by atoms with van der Waals surface area (Å²) < 4.78 is 11.3. The van der Waals surface area contributed by atoms with E-state index in [2.05, 4.69) is 5.32 Å². The number of amides is 1. The number of carbonyl (C=O) groups excluding carboxylic acids is 1. The first-order chi connectivity index (χ1) is 11.1. The number of hydrogen-bond acceptors (Lipinski definition) is 3. The molecule has 0 aromatic heterocycles. The lowest BCUT2D eigenvalue weighted by molar-refractivity contribution is -0.128. The van der Waals surface area contributed by atoms with Crippen LogP contribution in [0.2, 0.25) is 0 Å². The first-order valence-electron chi connectivity index (χ1n) is 7.77. The molecule has 2 aromatic rings. The van der Waals surface area contributed by atoms with Crippen LogP contribution in [0.5, 0.6) is 11.5 Å². The molecular formula is C19H23NO3. The van der Waals surface area contributed by atoms with Crippen LogP contribution in [0.1, 0.15) is 19.4 Å². The Kier molecular flexibility index (Phi) is 6.03. The number of aryl methyl sites for hydroxylation is 1. The predicted molar refractivity (Wildman–Crippen MR) is 90.8 cm³/mol. The van der Waals surface area contributed by atoms with Crippen molar-refractivity contribution in [2.24, 2.45) is 0 Å². The van der Waals surface area contributed by atoms with Crippen molar-refractivity contribution < 1.29 is 14.3 Å². The number of hydrogen-bond donors (Lipinski definition) is 1. The predicted octanol–water partition coefficient (Wildman–Crippen LogP) is 3.35. The summed E-state index contributed by atoms with van der Waals surface area (Å²) in [7, 11) is 0. The van der Waals surface area contributed by atoms with E-state index < -0.39 is 6.10 Å². The molecule has 0 heterocycles. The van der Waals surface area contributed by atoms with Crippen LogP contribution < -0.4 is 14.8 Å². The highest BCUT2D eigenvalue weighted by atomic mass is 16.5.